The molecule has 3 nitrogen and oxygen atoms in total. The van der Waals surface area contributed by atoms with Crippen LogP contribution in [0.2, 0.25) is 5.02 Å². The summed E-state index contributed by atoms with van der Waals surface area (Å²) >= 11 is 5.97. The average Bonchev–Trinajstić information content (AvgIpc) is 2.53. The van der Waals surface area contributed by atoms with E-state index < -0.39 is 23.8 Å². The second-order valence-electron chi connectivity index (χ2n) is 4.98. The highest BCUT2D eigenvalue weighted by Crippen LogP contribution is 2.34. The summed E-state index contributed by atoms with van der Waals surface area (Å²) in [5, 5.41) is 2.60. The zero-order chi connectivity index (χ0) is 17.7. The predicted octanol–water partition coefficient (Wildman–Crippen LogP) is 5.15. The molecular formula is C17H15ClF3NO2. The molecule has 1 N–H and O–H groups in total. The predicted molar refractivity (Wildman–Crippen MR) is 86.2 cm³/mol. The lowest BCUT2D eigenvalue weighted by atomic mass is 10.1. The fraction of sp³-hybridized carbons (Fsp3) is 0.235. The van der Waals surface area contributed by atoms with Crippen molar-refractivity contribution < 1.29 is 22.7 Å². The summed E-state index contributed by atoms with van der Waals surface area (Å²) in [4.78, 5) is 12.3. The molecule has 0 aliphatic rings. The van der Waals surface area contributed by atoms with E-state index in [9.17, 15) is 18.0 Å². The number of ether oxygens (including phenoxy) is 1. The first-order valence-electron chi connectivity index (χ1n) is 7.21. The monoisotopic (exact) mass is 357 g/mol. The second kappa shape index (κ2) is 7.57. The number of hydrogen-bond acceptors (Lipinski definition) is 2. The van der Waals surface area contributed by atoms with Gasteiger partial charge in [-0.15, -0.1) is 0 Å². The quantitative estimate of drug-likeness (QED) is 0.803. The van der Waals surface area contributed by atoms with Crippen LogP contribution in [0.15, 0.2) is 48.5 Å². The maximum atomic E-state index is 13.0. The van der Waals surface area contributed by atoms with Gasteiger partial charge < -0.3 is 10.1 Å². The van der Waals surface area contributed by atoms with E-state index >= 15 is 0 Å². The van der Waals surface area contributed by atoms with Crippen molar-refractivity contribution in [2.45, 2.75) is 25.6 Å². The Bertz CT molecular complexity index is 719. The van der Waals surface area contributed by atoms with Crippen LogP contribution in [0.3, 0.4) is 0 Å². The van der Waals surface area contributed by atoms with E-state index in [1.807, 2.05) is 0 Å². The molecule has 0 aromatic heterocycles. The molecule has 0 saturated carbocycles. The number of para-hydroxylation sites is 2. The molecule has 128 valence electrons. The van der Waals surface area contributed by atoms with E-state index in [-0.39, 0.29) is 12.1 Å². The first-order valence-corrected chi connectivity index (χ1v) is 7.59. The summed E-state index contributed by atoms with van der Waals surface area (Å²) in [5.74, 6) is -0.376. The van der Waals surface area contributed by atoms with Crippen molar-refractivity contribution >= 4 is 23.2 Å². The van der Waals surface area contributed by atoms with Crippen molar-refractivity contribution in [1.82, 2.24) is 0 Å². The molecular weight excluding hydrogens is 343 g/mol. The van der Waals surface area contributed by atoms with Gasteiger partial charge >= 0.3 is 6.18 Å². The average molecular weight is 358 g/mol. The van der Waals surface area contributed by atoms with Crippen LogP contribution in [0.1, 0.15) is 18.9 Å². The van der Waals surface area contributed by atoms with E-state index in [1.165, 1.54) is 18.2 Å². The summed E-state index contributed by atoms with van der Waals surface area (Å²) < 4.78 is 44.5. The van der Waals surface area contributed by atoms with Gasteiger partial charge in [-0.3, -0.25) is 4.79 Å². The van der Waals surface area contributed by atoms with Crippen LogP contribution >= 0.6 is 11.6 Å². The number of halogens is 4. The standard InChI is InChI=1S/C17H15ClF3NO2/c1-2-14(24-15-10-6-4-8-12(15)18)16(23)22-13-9-5-3-7-11(13)17(19,20)21/h3-10,14H,2H2,1H3,(H,22,23)/t14-/m1/s1. The fourth-order valence-electron chi connectivity index (χ4n) is 2.07. The molecule has 2 rings (SSSR count). The summed E-state index contributed by atoms with van der Waals surface area (Å²) in [7, 11) is 0. The number of hydrogen-bond donors (Lipinski definition) is 1. The highest BCUT2D eigenvalue weighted by molar-refractivity contribution is 6.32. The first kappa shape index (κ1) is 18.1. The zero-order valence-corrected chi connectivity index (χ0v) is 13.5. The van der Waals surface area contributed by atoms with E-state index in [2.05, 4.69) is 5.32 Å². The van der Waals surface area contributed by atoms with E-state index in [0.717, 1.165) is 6.07 Å². The summed E-state index contributed by atoms with van der Waals surface area (Å²) in [5.41, 5.74) is -1.22. The Kier molecular flexibility index (Phi) is 5.72. The molecule has 0 spiro atoms. The number of nitrogens with one attached hydrogen (secondary N) is 1. The van der Waals surface area contributed by atoms with Crippen LogP contribution in [0.5, 0.6) is 5.75 Å². The number of carbonyl (C=O) groups is 1. The molecule has 0 heterocycles. The van der Waals surface area contributed by atoms with E-state index in [1.54, 1.807) is 31.2 Å². The lowest BCUT2D eigenvalue weighted by molar-refractivity contribution is -0.137. The van der Waals surface area contributed by atoms with Crippen molar-refractivity contribution in [2.24, 2.45) is 0 Å². The van der Waals surface area contributed by atoms with Crippen LogP contribution in [0, 0.1) is 0 Å². The molecule has 24 heavy (non-hydrogen) atoms. The van der Waals surface area contributed by atoms with Crippen molar-refractivity contribution in [3.05, 3.63) is 59.1 Å². The van der Waals surface area contributed by atoms with Crippen molar-refractivity contribution in [3.63, 3.8) is 0 Å². The van der Waals surface area contributed by atoms with Gasteiger partial charge in [0.1, 0.15) is 5.75 Å². The number of rotatable bonds is 5. The van der Waals surface area contributed by atoms with Gasteiger partial charge in [-0.05, 0) is 30.7 Å². The molecule has 0 aliphatic carbocycles. The molecule has 2 aromatic rings. The maximum Gasteiger partial charge on any atom is 0.418 e. The van der Waals surface area contributed by atoms with Gasteiger partial charge in [0, 0.05) is 0 Å². The largest absolute Gasteiger partial charge is 0.479 e. The number of amides is 1. The highest BCUT2D eigenvalue weighted by atomic mass is 35.5. The summed E-state index contributed by atoms with van der Waals surface area (Å²) in [6, 6.07) is 11.4. The third-order valence-corrected chi connectivity index (χ3v) is 3.57. The number of anilines is 1. The number of carbonyl (C=O) groups excluding carboxylic acids is 1. The lowest BCUT2D eigenvalue weighted by Crippen LogP contribution is -2.33. The Labute approximate surface area is 142 Å². The smallest absolute Gasteiger partial charge is 0.418 e. The topological polar surface area (TPSA) is 38.3 Å². The zero-order valence-electron chi connectivity index (χ0n) is 12.7. The van der Waals surface area contributed by atoms with Crippen molar-refractivity contribution in [3.8, 4) is 5.75 Å². The Balaban J connectivity index is 2.18. The summed E-state index contributed by atoms with van der Waals surface area (Å²) in [6.07, 6.45) is -5.26. The number of benzene rings is 2. The normalized spacial score (nSPS) is 12.5. The summed E-state index contributed by atoms with van der Waals surface area (Å²) in [6.45, 7) is 1.69. The molecule has 0 bridgehead atoms. The van der Waals surface area contributed by atoms with Crippen LogP contribution in [0.4, 0.5) is 18.9 Å². The Morgan fingerprint density at radius 2 is 1.79 bits per heavy atom. The van der Waals surface area contributed by atoms with Crippen LogP contribution in [-0.2, 0) is 11.0 Å². The van der Waals surface area contributed by atoms with Crippen LogP contribution < -0.4 is 10.1 Å². The fourth-order valence-corrected chi connectivity index (χ4v) is 2.25. The van der Waals surface area contributed by atoms with Crippen LogP contribution in [0.25, 0.3) is 0 Å². The molecule has 0 fully saturated rings. The van der Waals surface area contributed by atoms with Gasteiger partial charge in [-0.1, -0.05) is 42.8 Å². The molecule has 0 saturated heterocycles. The second-order valence-corrected chi connectivity index (χ2v) is 5.38. The molecule has 2 aromatic carbocycles. The maximum absolute atomic E-state index is 13.0. The minimum atomic E-state index is -4.56. The molecule has 7 heteroatoms. The van der Waals surface area contributed by atoms with E-state index in [4.69, 9.17) is 16.3 Å². The minimum Gasteiger partial charge on any atom is -0.479 e. The molecule has 0 unspecified atom stereocenters. The van der Waals surface area contributed by atoms with Crippen LogP contribution in [-0.4, -0.2) is 12.0 Å². The van der Waals surface area contributed by atoms with Gasteiger partial charge in [0.05, 0.1) is 16.3 Å². The van der Waals surface area contributed by atoms with Gasteiger partial charge in [0.15, 0.2) is 6.10 Å². The van der Waals surface area contributed by atoms with Gasteiger partial charge in [-0.2, -0.15) is 13.2 Å². The van der Waals surface area contributed by atoms with Crippen molar-refractivity contribution in [2.75, 3.05) is 5.32 Å². The Hall–Kier alpha value is -2.21. The third-order valence-electron chi connectivity index (χ3n) is 3.26. The first-order chi connectivity index (χ1) is 11.3. The highest BCUT2D eigenvalue weighted by Gasteiger charge is 2.34. The van der Waals surface area contributed by atoms with Crippen molar-refractivity contribution in [1.29, 1.82) is 0 Å². The minimum absolute atomic E-state index is 0.269. The Morgan fingerprint density at radius 3 is 2.42 bits per heavy atom. The molecule has 0 aliphatic heterocycles. The van der Waals surface area contributed by atoms with Gasteiger partial charge in [0.25, 0.3) is 5.91 Å². The SMILES string of the molecule is CC[C@@H](Oc1ccccc1Cl)C(=O)Nc1ccccc1C(F)(F)F. The number of alkyl halides is 3. The van der Waals surface area contributed by atoms with E-state index in [0.29, 0.717) is 10.8 Å². The van der Waals surface area contributed by atoms with Gasteiger partial charge in [0.2, 0.25) is 0 Å². The lowest BCUT2D eigenvalue weighted by Gasteiger charge is -2.19. The molecule has 0 radical (unpaired) electrons. The third kappa shape index (κ3) is 4.41. The molecule has 1 amide bonds. The Morgan fingerprint density at radius 1 is 1.17 bits per heavy atom. The molecule has 1 atom stereocenters. The van der Waals surface area contributed by atoms with Gasteiger partial charge in [-0.25, -0.2) is 0 Å².